The molecule has 8 heteroatoms. The second kappa shape index (κ2) is 7.23. The Hall–Kier alpha value is -2.15. The van der Waals surface area contributed by atoms with Crippen LogP contribution in [-0.4, -0.2) is 40.3 Å². The van der Waals surface area contributed by atoms with Gasteiger partial charge < -0.3 is 15.3 Å². The summed E-state index contributed by atoms with van der Waals surface area (Å²) in [4.78, 5) is 29.7. The Bertz CT molecular complexity index is 450. The number of carbonyl (C=O) groups excluding carboxylic acids is 1. The van der Waals surface area contributed by atoms with Gasteiger partial charge in [-0.25, -0.2) is 0 Å². The lowest BCUT2D eigenvalue weighted by Gasteiger charge is -2.01. The van der Waals surface area contributed by atoms with Gasteiger partial charge in [-0.05, 0) is 12.1 Å². The van der Waals surface area contributed by atoms with E-state index in [9.17, 15) is 9.59 Å². The van der Waals surface area contributed by atoms with E-state index >= 15 is 0 Å². The average molecular weight is 272 g/mol. The molecule has 1 amide bonds. The molecule has 0 aliphatic rings. The first-order valence-corrected chi connectivity index (χ1v) is 5.21. The summed E-state index contributed by atoms with van der Waals surface area (Å²) in [5.74, 6) is -1.74. The summed E-state index contributed by atoms with van der Waals surface area (Å²) in [7, 11) is 0. The van der Waals surface area contributed by atoms with Crippen molar-refractivity contribution < 1.29 is 19.5 Å². The van der Waals surface area contributed by atoms with Gasteiger partial charge in [-0.2, -0.15) is 0 Å². The first-order valence-electron chi connectivity index (χ1n) is 4.84. The van der Waals surface area contributed by atoms with Crippen molar-refractivity contribution >= 4 is 28.6 Å². The lowest BCUT2D eigenvalue weighted by molar-refractivity contribution is -0.138. The molecule has 0 atom stereocenters. The van der Waals surface area contributed by atoms with Gasteiger partial charge in [-0.15, -0.1) is 0 Å². The fraction of sp³-hybridized carbons (Fsp3) is 0.200. The average Bonchev–Trinajstić information content (AvgIpc) is 2.37. The lowest BCUT2D eigenvalue weighted by Crippen LogP contribution is -2.31. The largest absolute Gasteiger partial charge is 0.480 e. The normalized spacial score (nSPS) is 10.8. The van der Waals surface area contributed by atoms with Crippen LogP contribution in [0.5, 0.6) is 0 Å². The van der Waals surface area contributed by atoms with E-state index in [4.69, 9.17) is 16.7 Å². The van der Waals surface area contributed by atoms with E-state index in [0.29, 0.717) is 5.56 Å². The highest BCUT2D eigenvalue weighted by molar-refractivity contribution is 6.69. The van der Waals surface area contributed by atoms with Crippen molar-refractivity contribution in [3.8, 4) is 0 Å². The molecule has 1 aromatic rings. The Morgan fingerprint density at radius 3 is 2.94 bits per heavy atom. The number of hydrogen-bond acceptors (Lipinski definition) is 5. The summed E-state index contributed by atoms with van der Waals surface area (Å²) < 4.78 is 0. The van der Waals surface area contributed by atoms with Gasteiger partial charge >= 0.3 is 5.97 Å². The zero-order valence-electron chi connectivity index (χ0n) is 9.17. The summed E-state index contributed by atoms with van der Waals surface area (Å²) in [6.45, 7) is -0.883. The Kier molecular flexibility index (Phi) is 5.59. The van der Waals surface area contributed by atoms with Crippen LogP contribution < -0.4 is 5.32 Å². The van der Waals surface area contributed by atoms with Crippen LogP contribution in [-0.2, 0) is 14.4 Å². The molecule has 0 unspecified atom stereocenters. The molecule has 0 aromatic carbocycles. The van der Waals surface area contributed by atoms with Crippen LogP contribution in [0, 0.1) is 0 Å². The molecule has 0 aliphatic carbocycles. The van der Waals surface area contributed by atoms with Gasteiger partial charge in [0.25, 0.3) is 5.91 Å². The Morgan fingerprint density at radius 2 is 2.33 bits per heavy atom. The fourth-order valence-electron chi connectivity index (χ4n) is 0.910. The van der Waals surface area contributed by atoms with Crippen LogP contribution in [0.15, 0.2) is 29.7 Å². The van der Waals surface area contributed by atoms with Crippen molar-refractivity contribution in [1.29, 1.82) is 0 Å². The molecule has 1 aromatic heterocycles. The summed E-state index contributed by atoms with van der Waals surface area (Å²) >= 11 is 5.78. The lowest BCUT2D eigenvalue weighted by atomic mass is 10.3. The number of amides is 1. The first kappa shape index (κ1) is 13.9. The van der Waals surface area contributed by atoms with Crippen molar-refractivity contribution in [2.45, 2.75) is 0 Å². The third-order valence-corrected chi connectivity index (χ3v) is 1.96. The summed E-state index contributed by atoms with van der Waals surface area (Å²) in [6, 6.07) is 3.35. The van der Waals surface area contributed by atoms with Crippen LogP contribution in [0.3, 0.4) is 0 Å². The zero-order valence-corrected chi connectivity index (χ0v) is 9.92. The number of oxime groups is 1. The Labute approximate surface area is 107 Å². The van der Waals surface area contributed by atoms with E-state index < -0.39 is 25.0 Å². The molecule has 18 heavy (non-hydrogen) atoms. The van der Waals surface area contributed by atoms with Crippen LogP contribution in [0.2, 0.25) is 0 Å². The van der Waals surface area contributed by atoms with Gasteiger partial charge in [0.2, 0.25) is 0 Å². The molecular formula is C10H10ClN3O4. The molecule has 0 spiro atoms. The monoisotopic (exact) mass is 271 g/mol. The number of nitrogens with one attached hydrogen (secondary N) is 1. The van der Waals surface area contributed by atoms with Gasteiger partial charge in [0, 0.05) is 18.0 Å². The molecule has 0 saturated heterocycles. The van der Waals surface area contributed by atoms with Crippen LogP contribution >= 0.6 is 11.6 Å². The highest BCUT2D eigenvalue weighted by atomic mass is 35.5. The molecule has 7 nitrogen and oxygen atoms in total. The number of carbonyl (C=O) groups is 2. The Balaban J connectivity index is 2.36. The molecular weight excluding hydrogens is 262 g/mol. The molecule has 1 rings (SSSR count). The molecule has 0 radical (unpaired) electrons. The predicted molar refractivity (Wildman–Crippen MR) is 63.2 cm³/mol. The van der Waals surface area contributed by atoms with E-state index in [0.717, 1.165) is 0 Å². The fourth-order valence-corrected chi connectivity index (χ4v) is 1.07. The van der Waals surface area contributed by atoms with Crippen molar-refractivity contribution in [3.63, 3.8) is 0 Å². The number of carboxylic acids is 1. The van der Waals surface area contributed by atoms with E-state index in [1.165, 1.54) is 6.20 Å². The maximum absolute atomic E-state index is 11.0. The number of aliphatic carboxylic acids is 1. The van der Waals surface area contributed by atoms with Crippen LogP contribution in [0.4, 0.5) is 0 Å². The minimum atomic E-state index is -1.14. The third-order valence-electron chi connectivity index (χ3n) is 1.68. The molecule has 96 valence electrons. The second-order valence-electron chi connectivity index (χ2n) is 3.07. The first-order chi connectivity index (χ1) is 8.59. The number of pyridine rings is 1. The van der Waals surface area contributed by atoms with E-state index in [1.807, 2.05) is 0 Å². The Morgan fingerprint density at radius 1 is 1.56 bits per heavy atom. The number of halogens is 1. The van der Waals surface area contributed by atoms with E-state index in [1.54, 1.807) is 18.3 Å². The number of nitrogens with zero attached hydrogens (tertiary/aromatic N) is 2. The SMILES string of the molecule is O=C(O)CNC(=O)CO/N=C(\Cl)c1cccnc1. The maximum atomic E-state index is 11.0. The molecule has 1 heterocycles. The van der Waals surface area contributed by atoms with Crippen molar-refractivity contribution in [3.05, 3.63) is 30.1 Å². The summed E-state index contributed by atoms with van der Waals surface area (Å²) in [5, 5.41) is 14.0. The number of hydrogen-bond donors (Lipinski definition) is 2. The van der Waals surface area contributed by atoms with Crippen LogP contribution in [0.1, 0.15) is 5.56 Å². The van der Waals surface area contributed by atoms with Gasteiger partial charge in [0.1, 0.15) is 6.54 Å². The van der Waals surface area contributed by atoms with Gasteiger partial charge in [0.15, 0.2) is 11.8 Å². The standard InChI is InChI=1S/C10H10ClN3O4/c11-10(7-2-1-3-12-4-7)14-18-6-8(15)13-5-9(16)17/h1-4H,5-6H2,(H,13,15)(H,16,17)/b14-10-. The van der Waals surface area contributed by atoms with Crippen molar-refractivity contribution in [2.24, 2.45) is 5.16 Å². The van der Waals surface area contributed by atoms with Gasteiger partial charge in [-0.1, -0.05) is 16.8 Å². The molecule has 2 N–H and O–H groups in total. The topological polar surface area (TPSA) is 101 Å². The van der Waals surface area contributed by atoms with Gasteiger partial charge in [0.05, 0.1) is 0 Å². The number of aromatic nitrogens is 1. The maximum Gasteiger partial charge on any atom is 0.322 e. The molecule has 0 aliphatic heterocycles. The number of rotatable bonds is 6. The summed E-state index contributed by atoms with van der Waals surface area (Å²) in [5.41, 5.74) is 0.546. The summed E-state index contributed by atoms with van der Waals surface area (Å²) in [6.07, 6.45) is 3.06. The van der Waals surface area contributed by atoms with Crippen molar-refractivity contribution in [2.75, 3.05) is 13.2 Å². The molecule has 0 bridgehead atoms. The predicted octanol–water partition coefficient (Wildman–Crippen LogP) is 0.199. The highest BCUT2D eigenvalue weighted by Gasteiger charge is 2.05. The van der Waals surface area contributed by atoms with Crippen LogP contribution in [0.25, 0.3) is 0 Å². The quantitative estimate of drug-likeness (QED) is 0.568. The highest BCUT2D eigenvalue weighted by Crippen LogP contribution is 2.02. The van der Waals surface area contributed by atoms with E-state index in [-0.39, 0.29) is 5.17 Å². The van der Waals surface area contributed by atoms with Crippen molar-refractivity contribution in [1.82, 2.24) is 10.3 Å². The number of carboxylic acid groups (broad SMARTS) is 1. The van der Waals surface area contributed by atoms with E-state index in [2.05, 4.69) is 20.3 Å². The minimum absolute atomic E-state index is 0.0501. The molecule has 0 fully saturated rings. The minimum Gasteiger partial charge on any atom is -0.480 e. The second-order valence-corrected chi connectivity index (χ2v) is 3.43. The third kappa shape index (κ3) is 5.26. The smallest absolute Gasteiger partial charge is 0.322 e. The molecule has 0 saturated carbocycles. The van der Waals surface area contributed by atoms with Gasteiger partial charge in [-0.3, -0.25) is 14.6 Å². The zero-order chi connectivity index (χ0) is 13.4.